The van der Waals surface area contributed by atoms with Crippen LogP contribution in [0.4, 0.5) is 0 Å². The van der Waals surface area contributed by atoms with E-state index in [2.05, 4.69) is 35.9 Å². The van der Waals surface area contributed by atoms with Crippen molar-refractivity contribution in [3.8, 4) is 17.0 Å². The van der Waals surface area contributed by atoms with E-state index in [9.17, 15) is 0 Å². The molecule has 3 nitrogen and oxygen atoms in total. The molecule has 0 spiro atoms. The average Bonchev–Trinajstić information content (AvgIpc) is 2.42. The highest BCUT2D eigenvalue weighted by Crippen LogP contribution is 2.25. The fraction of sp³-hybridized carbons (Fsp3) is 0.412. The maximum absolute atomic E-state index is 5.68. The van der Waals surface area contributed by atoms with E-state index in [-0.39, 0.29) is 6.10 Å². The summed E-state index contributed by atoms with van der Waals surface area (Å²) in [6.07, 6.45) is 0.178. The highest BCUT2D eigenvalue weighted by Gasteiger charge is 2.10. The van der Waals surface area contributed by atoms with Crippen LogP contribution in [0.15, 0.2) is 24.3 Å². The van der Waals surface area contributed by atoms with Gasteiger partial charge in [0.05, 0.1) is 11.8 Å². The van der Waals surface area contributed by atoms with Crippen molar-refractivity contribution < 1.29 is 4.74 Å². The number of benzene rings is 1. The number of nitrogens with zero attached hydrogens (tertiary/aromatic N) is 1. The van der Waals surface area contributed by atoms with Gasteiger partial charge in [0.15, 0.2) is 0 Å². The van der Waals surface area contributed by atoms with Crippen LogP contribution < -0.4 is 4.74 Å². The van der Waals surface area contributed by atoms with Gasteiger partial charge < -0.3 is 9.72 Å². The second-order valence-corrected chi connectivity index (χ2v) is 6.16. The molecular weight excluding hydrogens is 280 g/mol. The van der Waals surface area contributed by atoms with Gasteiger partial charge in [0.25, 0.3) is 0 Å². The average molecular weight is 302 g/mol. The highest BCUT2D eigenvalue weighted by atomic mass is 32.1. The molecule has 21 heavy (non-hydrogen) atoms. The van der Waals surface area contributed by atoms with Crippen LogP contribution in [0.5, 0.6) is 5.75 Å². The Bertz CT molecular complexity index is 672. The Morgan fingerprint density at radius 2 is 1.71 bits per heavy atom. The lowest BCUT2D eigenvalue weighted by Crippen LogP contribution is -2.05. The maximum Gasteiger partial charge on any atom is 0.133 e. The van der Waals surface area contributed by atoms with Crippen molar-refractivity contribution >= 4 is 12.2 Å². The van der Waals surface area contributed by atoms with Gasteiger partial charge in [0, 0.05) is 11.5 Å². The first-order valence-corrected chi connectivity index (χ1v) is 7.67. The molecule has 0 atom stereocenters. The summed E-state index contributed by atoms with van der Waals surface area (Å²) in [5, 5.41) is 0. The van der Waals surface area contributed by atoms with Gasteiger partial charge in [-0.15, -0.1) is 0 Å². The van der Waals surface area contributed by atoms with Crippen molar-refractivity contribution in [3.63, 3.8) is 0 Å². The van der Waals surface area contributed by atoms with E-state index >= 15 is 0 Å². The SMILES string of the molecule is Cc1c(-c2ccc(OC(C)C)cc2)[nH]c(C(C)C)nc1=S. The van der Waals surface area contributed by atoms with Crippen LogP contribution >= 0.6 is 12.2 Å². The summed E-state index contributed by atoms with van der Waals surface area (Å²) in [5.74, 6) is 2.11. The van der Waals surface area contributed by atoms with Crippen LogP contribution in [-0.2, 0) is 0 Å². The van der Waals surface area contributed by atoms with Crippen LogP contribution in [0.2, 0.25) is 0 Å². The Hall–Kier alpha value is -1.68. The van der Waals surface area contributed by atoms with Gasteiger partial charge in [0.1, 0.15) is 16.2 Å². The predicted molar refractivity (Wildman–Crippen MR) is 89.4 cm³/mol. The van der Waals surface area contributed by atoms with Gasteiger partial charge in [0.2, 0.25) is 0 Å². The van der Waals surface area contributed by atoms with Crippen molar-refractivity contribution in [2.45, 2.75) is 46.6 Å². The van der Waals surface area contributed by atoms with Crippen LogP contribution in [-0.4, -0.2) is 16.1 Å². The minimum atomic E-state index is 0.178. The number of aromatic nitrogens is 2. The van der Waals surface area contributed by atoms with E-state index in [1.54, 1.807) is 0 Å². The molecule has 0 aliphatic rings. The second kappa shape index (κ2) is 6.39. The molecule has 2 aromatic rings. The Balaban J connectivity index is 2.44. The fourth-order valence-electron chi connectivity index (χ4n) is 2.08. The van der Waals surface area contributed by atoms with Crippen LogP contribution in [0.3, 0.4) is 0 Å². The summed E-state index contributed by atoms with van der Waals surface area (Å²) in [4.78, 5) is 7.86. The van der Waals surface area contributed by atoms with E-state index in [4.69, 9.17) is 17.0 Å². The molecule has 0 aliphatic heterocycles. The first kappa shape index (κ1) is 15.7. The number of aromatic amines is 1. The Morgan fingerprint density at radius 1 is 1.10 bits per heavy atom. The third-order valence-corrected chi connectivity index (χ3v) is 3.63. The van der Waals surface area contributed by atoms with Gasteiger partial charge in [-0.25, -0.2) is 4.98 Å². The van der Waals surface area contributed by atoms with Gasteiger partial charge in [-0.05, 0) is 50.6 Å². The van der Waals surface area contributed by atoms with E-state index < -0.39 is 0 Å². The molecule has 0 unspecified atom stereocenters. The van der Waals surface area contributed by atoms with Gasteiger partial charge >= 0.3 is 0 Å². The maximum atomic E-state index is 5.68. The Morgan fingerprint density at radius 3 is 2.24 bits per heavy atom. The number of hydrogen-bond acceptors (Lipinski definition) is 3. The van der Waals surface area contributed by atoms with E-state index in [0.29, 0.717) is 10.6 Å². The van der Waals surface area contributed by atoms with Crippen molar-refractivity contribution in [3.05, 3.63) is 40.3 Å². The lowest BCUT2D eigenvalue weighted by molar-refractivity contribution is 0.242. The molecule has 4 heteroatoms. The summed E-state index contributed by atoms with van der Waals surface area (Å²) in [5.41, 5.74) is 3.14. The summed E-state index contributed by atoms with van der Waals surface area (Å²) < 4.78 is 6.34. The number of hydrogen-bond donors (Lipinski definition) is 1. The molecule has 0 saturated heterocycles. The normalized spacial score (nSPS) is 11.2. The number of ether oxygens (including phenoxy) is 1. The van der Waals surface area contributed by atoms with Crippen molar-refractivity contribution in [2.75, 3.05) is 0 Å². The van der Waals surface area contributed by atoms with Gasteiger partial charge in [-0.3, -0.25) is 0 Å². The van der Waals surface area contributed by atoms with E-state index in [1.165, 1.54) is 0 Å². The zero-order chi connectivity index (χ0) is 15.6. The Kier molecular flexibility index (Phi) is 4.78. The third-order valence-electron chi connectivity index (χ3n) is 3.23. The zero-order valence-electron chi connectivity index (χ0n) is 13.2. The molecule has 112 valence electrons. The molecule has 1 aromatic carbocycles. The molecule has 0 saturated carbocycles. The third kappa shape index (κ3) is 3.70. The lowest BCUT2D eigenvalue weighted by Gasteiger charge is -2.13. The molecule has 0 bridgehead atoms. The standard InChI is InChI=1S/C17H22N2OS/c1-10(2)16-18-15(12(5)17(21)19-16)13-6-8-14(9-7-13)20-11(3)4/h6-11H,1-5H3,(H,18,19,21). The molecular formula is C17H22N2OS. The fourth-order valence-corrected chi connectivity index (χ4v) is 2.28. The molecule has 0 radical (unpaired) electrons. The van der Waals surface area contributed by atoms with Crippen LogP contribution in [0.1, 0.15) is 45.0 Å². The summed E-state index contributed by atoms with van der Waals surface area (Å²) in [7, 11) is 0. The first-order valence-electron chi connectivity index (χ1n) is 7.26. The molecule has 0 amide bonds. The lowest BCUT2D eigenvalue weighted by atomic mass is 10.1. The molecule has 2 rings (SSSR count). The van der Waals surface area contributed by atoms with Crippen molar-refractivity contribution in [1.29, 1.82) is 0 Å². The highest BCUT2D eigenvalue weighted by molar-refractivity contribution is 7.71. The second-order valence-electron chi connectivity index (χ2n) is 5.77. The molecule has 0 aliphatic carbocycles. The smallest absolute Gasteiger partial charge is 0.133 e. The zero-order valence-corrected chi connectivity index (χ0v) is 14.0. The van der Waals surface area contributed by atoms with Crippen molar-refractivity contribution in [1.82, 2.24) is 9.97 Å². The first-order chi connectivity index (χ1) is 9.88. The van der Waals surface area contributed by atoms with E-state index in [0.717, 1.165) is 28.4 Å². The van der Waals surface area contributed by atoms with E-state index in [1.807, 2.05) is 32.9 Å². The number of H-pyrrole nitrogens is 1. The van der Waals surface area contributed by atoms with Crippen molar-refractivity contribution in [2.24, 2.45) is 0 Å². The largest absolute Gasteiger partial charge is 0.491 e. The minimum absolute atomic E-state index is 0.178. The van der Waals surface area contributed by atoms with Crippen LogP contribution in [0.25, 0.3) is 11.3 Å². The minimum Gasteiger partial charge on any atom is -0.491 e. The topological polar surface area (TPSA) is 37.9 Å². The monoisotopic (exact) mass is 302 g/mol. The predicted octanol–water partition coefficient (Wildman–Crippen LogP) is 5.03. The number of nitrogens with one attached hydrogen (secondary N) is 1. The summed E-state index contributed by atoms with van der Waals surface area (Å²) >= 11 is 5.37. The molecule has 1 heterocycles. The molecule has 1 aromatic heterocycles. The molecule has 1 N–H and O–H groups in total. The summed E-state index contributed by atoms with van der Waals surface area (Å²) in [6, 6.07) is 8.08. The Labute approximate surface area is 131 Å². The summed E-state index contributed by atoms with van der Waals surface area (Å²) in [6.45, 7) is 10.3. The molecule has 0 fully saturated rings. The van der Waals surface area contributed by atoms with Gasteiger partial charge in [-0.1, -0.05) is 26.1 Å². The van der Waals surface area contributed by atoms with Crippen LogP contribution in [0, 0.1) is 11.6 Å². The quantitative estimate of drug-likeness (QED) is 0.805. The number of rotatable bonds is 4. The van der Waals surface area contributed by atoms with Gasteiger partial charge in [-0.2, -0.15) is 0 Å².